The maximum absolute atomic E-state index is 5.99. The number of fused-ring (bicyclic) bond motifs is 1. The Morgan fingerprint density at radius 2 is 2.12 bits per heavy atom. The Balaban J connectivity index is 2.29. The second kappa shape index (κ2) is 3.88. The van der Waals surface area contributed by atoms with Crippen LogP contribution in [0.25, 0.3) is 0 Å². The Morgan fingerprint density at radius 3 is 2.75 bits per heavy atom. The molecule has 1 atom stereocenters. The molecule has 1 heterocycles. The Bertz CT molecular complexity index is 385. The molecule has 1 aromatic rings. The fraction of sp³-hybridized carbons (Fsp3) is 0.769. The van der Waals surface area contributed by atoms with Crippen LogP contribution in [-0.4, -0.2) is 15.6 Å². The van der Waals surface area contributed by atoms with Gasteiger partial charge >= 0.3 is 0 Å². The standard InChI is InChI=1S/C13H23N3/c1-13(2,3)8-12-15-10-7-9(14)5-6-11(10)16(12)4/h9H,5-8,14H2,1-4H3. The van der Waals surface area contributed by atoms with Gasteiger partial charge in [-0.05, 0) is 18.3 Å². The van der Waals surface area contributed by atoms with E-state index in [9.17, 15) is 0 Å². The first-order chi connectivity index (χ1) is 7.37. The highest BCUT2D eigenvalue weighted by Crippen LogP contribution is 2.25. The monoisotopic (exact) mass is 221 g/mol. The minimum atomic E-state index is 0.295. The van der Waals surface area contributed by atoms with Gasteiger partial charge in [-0.3, -0.25) is 0 Å². The van der Waals surface area contributed by atoms with Gasteiger partial charge < -0.3 is 10.3 Å². The van der Waals surface area contributed by atoms with Crippen molar-refractivity contribution in [3.05, 3.63) is 17.2 Å². The zero-order valence-corrected chi connectivity index (χ0v) is 10.9. The summed E-state index contributed by atoms with van der Waals surface area (Å²) in [4.78, 5) is 4.77. The molecule has 0 bridgehead atoms. The molecule has 1 aliphatic carbocycles. The van der Waals surface area contributed by atoms with E-state index >= 15 is 0 Å². The smallest absolute Gasteiger partial charge is 0.109 e. The van der Waals surface area contributed by atoms with Crippen molar-refractivity contribution in [2.45, 2.75) is 52.5 Å². The van der Waals surface area contributed by atoms with Crippen LogP contribution in [0.4, 0.5) is 0 Å². The Morgan fingerprint density at radius 1 is 1.44 bits per heavy atom. The first kappa shape index (κ1) is 11.6. The lowest BCUT2D eigenvalue weighted by Gasteiger charge is -2.19. The van der Waals surface area contributed by atoms with Gasteiger partial charge in [0.05, 0.1) is 5.69 Å². The minimum Gasteiger partial charge on any atom is -0.335 e. The molecule has 0 spiro atoms. The van der Waals surface area contributed by atoms with Gasteiger partial charge in [0.25, 0.3) is 0 Å². The van der Waals surface area contributed by atoms with Crippen LogP contribution >= 0.6 is 0 Å². The highest BCUT2D eigenvalue weighted by Gasteiger charge is 2.24. The summed E-state index contributed by atoms with van der Waals surface area (Å²) < 4.78 is 2.28. The van der Waals surface area contributed by atoms with Crippen molar-refractivity contribution in [1.29, 1.82) is 0 Å². The van der Waals surface area contributed by atoms with Crippen LogP contribution < -0.4 is 5.73 Å². The topological polar surface area (TPSA) is 43.8 Å². The van der Waals surface area contributed by atoms with E-state index in [2.05, 4.69) is 32.4 Å². The van der Waals surface area contributed by atoms with Gasteiger partial charge in [-0.1, -0.05) is 20.8 Å². The molecule has 3 nitrogen and oxygen atoms in total. The first-order valence-corrected chi connectivity index (χ1v) is 6.16. The van der Waals surface area contributed by atoms with E-state index in [1.165, 1.54) is 17.2 Å². The van der Waals surface area contributed by atoms with Crippen LogP contribution in [0, 0.1) is 5.41 Å². The highest BCUT2D eigenvalue weighted by atomic mass is 15.1. The molecule has 3 heteroatoms. The summed E-state index contributed by atoms with van der Waals surface area (Å²) in [6.07, 6.45) is 4.17. The summed E-state index contributed by atoms with van der Waals surface area (Å²) in [6, 6.07) is 0.310. The quantitative estimate of drug-likeness (QED) is 0.786. The predicted octanol–water partition coefficient (Wildman–Crippen LogP) is 1.82. The molecule has 0 amide bonds. The van der Waals surface area contributed by atoms with Crippen LogP contribution in [0.15, 0.2) is 0 Å². The van der Waals surface area contributed by atoms with Crippen molar-refractivity contribution < 1.29 is 0 Å². The van der Waals surface area contributed by atoms with Crippen molar-refractivity contribution >= 4 is 0 Å². The highest BCUT2D eigenvalue weighted by molar-refractivity contribution is 5.22. The molecule has 16 heavy (non-hydrogen) atoms. The van der Waals surface area contributed by atoms with Gasteiger partial charge in [-0.25, -0.2) is 4.98 Å². The maximum atomic E-state index is 5.99. The van der Waals surface area contributed by atoms with Crippen LogP contribution in [0.3, 0.4) is 0 Å². The zero-order valence-electron chi connectivity index (χ0n) is 10.9. The van der Waals surface area contributed by atoms with Gasteiger partial charge in [-0.15, -0.1) is 0 Å². The number of aromatic nitrogens is 2. The molecule has 0 aliphatic heterocycles. The molecular formula is C13H23N3. The molecule has 90 valence electrons. The van der Waals surface area contributed by atoms with E-state index in [1.54, 1.807) is 0 Å². The van der Waals surface area contributed by atoms with Gasteiger partial charge in [0.1, 0.15) is 5.82 Å². The number of hydrogen-bond acceptors (Lipinski definition) is 2. The van der Waals surface area contributed by atoms with Gasteiger partial charge in [0.2, 0.25) is 0 Å². The summed E-state index contributed by atoms with van der Waals surface area (Å²) >= 11 is 0. The third kappa shape index (κ3) is 2.29. The number of hydrogen-bond donors (Lipinski definition) is 1. The van der Waals surface area contributed by atoms with Gasteiger partial charge in [-0.2, -0.15) is 0 Å². The fourth-order valence-corrected chi connectivity index (χ4v) is 2.43. The normalized spacial score (nSPS) is 20.9. The van der Waals surface area contributed by atoms with Crippen molar-refractivity contribution in [1.82, 2.24) is 9.55 Å². The maximum Gasteiger partial charge on any atom is 0.109 e. The van der Waals surface area contributed by atoms with E-state index < -0.39 is 0 Å². The molecule has 1 unspecified atom stereocenters. The largest absolute Gasteiger partial charge is 0.335 e. The van der Waals surface area contributed by atoms with Gasteiger partial charge in [0.15, 0.2) is 0 Å². The second-order valence-electron chi connectivity index (χ2n) is 6.22. The lowest BCUT2D eigenvalue weighted by molar-refractivity contribution is 0.395. The molecule has 1 aliphatic rings. The Hall–Kier alpha value is -0.830. The Kier molecular flexibility index (Phi) is 2.82. The number of imidazole rings is 1. The van der Waals surface area contributed by atoms with Crippen molar-refractivity contribution in [3.63, 3.8) is 0 Å². The molecule has 2 N–H and O–H groups in total. The summed E-state index contributed by atoms with van der Waals surface area (Å²) in [5.74, 6) is 1.21. The van der Waals surface area contributed by atoms with E-state index in [0.29, 0.717) is 11.5 Å². The predicted molar refractivity (Wildman–Crippen MR) is 66.4 cm³/mol. The minimum absolute atomic E-state index is 0.295. The first-order valence-electron chi connectivity index (χ1n) is 6.16. The lowest BCUT2D eigenvalue weighted by Crippen LogP contribution is -2.28. The van der Waals surface area contributed by atoms with Crippen LogP contribution in [0.2, 0.25) is 0 Å². The molecule has 1 aromatic heterocycles. The molecule has 0 saturated heterocycles. The van der Waals surface area contributed by atoms with Crippen LogP contribution in [-0.2, 0) is 26.3 Å². The van der Waals surface area contributed by atoms with Crippen molar-refractivity contribution in [2.75, 3.05) is 0 Å². The number of nitrogens with zero attached hydrogens (tertiary/aromatic N) is 2. The summed E-state index contributed by atoms with van der Waals surface area (Å²) in [5, 5.41) is 0. The molecule has 2 rings (SSSR count). The lowest BCUT2D eigenvalue weighted by atomic mass is 9.92. The number of nitrogens with two attached hydrogens (primary N) is 1. The van der Waals surface area contributed by atoms with E-state index in [4.69, 9.17) is 10.7 Å². The van der Waals surface area contributed by atoms with Crippen molar-refractivity contribution in [3.8, 4) is 0 Å². The summed E-state index contributed by atoms with van der Waals surface area (Å²) in [5.41, 5.74) is 8.92. The molecular weight excluding hydrogens is 198 g/mol. The molecule has 0 saturated carbocycles. The third-order valence-electron chi connectivity index (χ3n) is 3.29. The average Bonchev–Trinajstić information content (AvgIpc) is 2.40. The van der Waals surface area contributed by atoms with E-state index in [1.807, 2.05) is 0 Å². The SMILES string of the molecule is Cn1c(CC(C)(C)C)nc2c1CCC(N)C2. The van der Waals surface area contributed by atoms with Gasteiger partial charge in [0, 0.05) is 31.6 Å². The Labute approximate surface area is 98.1 Å². The summed E-state index contributed by atoms with van der Waals surface area (Å²) in [7, 11) is 2.14. The number of rotatable bonds is 1. The fourth-order valence-electron chi connectivity index (χ4n) is 2.43. The zero-order chi connectivity index (χ0) is 11.9. The van der Waals surface area contributed by atoms with E-state index in [-0.39, 0.29) is 0 Å². The van der Waals surface area contributed by atoms with Crippen LogP contribution in [0.5, 0.6) is 0 Å². The average molecular weight is 221 g/mol. The van der Waals surface area contributed by atoms with Crippen LogP contribution in [0.1, 0.15) is 44.4 Å². The summed E-state index contributed by atoms with van der Waals surface area (Å²) in [6.45, 7) is 6.77. The molecule has 0 aromatic carbocycles. The third-order valence-corrected chi connectivity index (χ3v) is 3.29. The molecule has 0 fully saturated rings. The molecule has 0 radical (unpaired) electrons. The second-order valence-corrected chi connectivity index (χ2v) is 6.22. The van der Waals surface area contributed by atoms with E-state index in [0.717, 1.165) is 25.7 Å². The van der Waals surface area contributed by atoms with Crippen molar-refractivity contribution in [2.24, 2.45) is 18.2 Å².